The first-order valence-corrected chi connectivity index (χ1v) is 5.83. The van der Waals surface area contributed by atoms with Gasteiger partial charge in [-0.25, -0.2) is 0 Å². The van der Waals surface area contributed by atoms with E-state index in [1.54, 1.807) is 24.5 Å². The Hall–Kier alpha value is -3.29. The first-order chi connectivity index (χ1) is 10.1. The van der Waals surface area contributed by atoms with Crippen molar-refractivity contribution in [1.82, 2.24) is 4.98 Å². The maximum atomic E-state index is 11.1. The zero-order chi connectivity index (χ0) is 15.0. The number of rotatable bonds is 3. The molecule has 104 valence electrons. The lowest BCUT2D eigenvalue weighted by Crippen LogP contribution is -1.92. The third kappa shape index (κ3) is 2.18. The van der Waals surface area contributed by atoms with Gasteiger partial charge in [0.1, 0.15) is 11.3 Å². The monoisotopic (exact) mass is 285 g/mol. The molecule has 0 N–H and O–H groups in total. The van der Waals surface area contributed by atoms with E-state index < -0.39 is 9.85 Å². The number of nitro groups is 2. The summed E-state index contributed by atoms with van der Waals surface area (Å²) in [4.78, 5) is 24.4. The maximum Gasteiger partial charge on any atom is 0.287 e. The summed E-state index contributed by atoms with van der Waals surface area (Å²) < 4.78 is 5.50. The Morgan fingerprint density at radius 1 is 1.00 bits per heavy atom. The maximum absolute atomic E-state index is 11.1. The molecule has 0 unspecified atom stereocenters. The third-order valence-electron chi connectivity index (χ3n) is 2.97. The van der Waals surface area contributed by atoms with Gasteiger partial charge < -0.3 is 4.42 Å². The van der Waals surface area contributed by atoms with Gasteiger partial charge in [0.05, 0.1) is 27.4 Å². The second-order valence-electron chi connectivity index (χ2n) is 4.24. The molecule has 21 heavy (non-hydrogen) atoms. The topological polar surface area (TPSA) is 112 Å². The summed E-state index contributed by atoms with van der Waals surface area (Å²) in [6.45, 7) is 0. The molecule has 3 rings (SSSR count). The molecule has 0 bridgehead atoms. The molecule has 0 saturated carbocycles. The first kappa shape index (κ1) is 12.7. The fourth-order valence-electron chi connectivity index (χ4n) is 2.02. The van der Waals surface area contributed by atoms with Crippen LogP contribution in [0.1, 0.15) is 0 Å². The highest BCUT2D eigenvalue weighted by molar-refractivity contribution is 5.92. The molecular weight excluding hydrogens is 278 g/mol. The van der Waals surface area contributed by atoms with Gasteiger partial charge in [0.15, 0.2) is 0 Å². The zero-order valence-electron chi connectivity index (χ0n) is 10.4. The van der Waals surface area contributed by atoms with Crippen LogP contribution in [-0.4, -0.2) is 14.8 Å². The molecule has 0 aliphatic heterocycles. The minimum absolute atomic E-state index is 0.0997. The molecule has 3 aromatic rings. The number of pyridine rings is 1. The van der Waals surface area contributed by atoms with Crippen LogP contribution in [0.5, 0.6) is 0 Å². The van der Waals surface area contributed by atoms with Crippen molar-refractivity contribution in [3.63, 3.8) is 0 Å². The number of nitro benzene ring substituents is 2. The second-order valence-corrected chi connectivity index (χ2v) is 4.24. The van der Waals surface area contributed by atoms with Crippen molar-refractivity contribution in [3.05, 3.63) is 63.0 Å². The number of hydrogen-bond acceptors (Lipinski definition) is 6. The molecule has 8 heteroatoms. The quantitative estimate of drug-likeness (QED) is 0.538. The predicted molar refractivity (Wildman–Crippen MR) is 72.8 cm³/mol. The van der Waals surface area contributed by atoms with Crippen molar-refractivity contribution in [2.45, 2.75) is 0 Å². The average molecular weight is 285 g/mol. The van der Waals surface area contributed by atoms with E-state index in [0.717, 1.165) is 6.07 Å². The van der Waals surface area contributed by atoms with Crippen LogP contribution in [0.2, 0.25) is 0 Å². The minimum atomic E-state index is -0.693. The second kappa shape index (κ2) is 4.67. The average Bonchev–Trinajstić information content (AvgIpc) is 2.90. The summed E-state index contributed by atoms with van der Waals surface area (Å²) in [7, 11) is 0. The van der Waals surface area contributed by atoms with Crippen molar-refractivity contribution in [2.75, 3.05) is 0 Å². The van der Waals surface area contributed by atoms with Gasteiger partial charge in [-0.1, -0.05) is 0 Å². The van der Waals surface area contributed by atoms with Crippen LogP contribution >= 0.6 is 0 Å². The van der Waals surface area contributed by atoms with Gasteiger partial charge >= 0.3 is 0 Å². The van der Waals surface area contributed by atoms with Crippen LogP contribution in [-0.2, 0) is 0 Å². The highest BCUT2D eigenvalue weighted by Crippen LogP contribution is 2.36. The van der Waals surface area contributed by atoms with Crippen LogP contribution in [0.4, 0.5) is 11.4 Å². The van der Waals surface area contributed by atoms with Crippen molar-refractivity contribution >= 4 is 22.3 Å². The van der Waals surface area contributed by atoms with Crippen LogP contribution < -0.4 is 0 Å². The lowest BCUT2D eigenvalue weighted by Gasteiger charge is -1.94. The van der Waals surface area contributed by atoms with E-state index >= 15 is 0 Å². The highest BCUT2D eigenvalue weighted by atomic mass is 16.6. The van der Waals surface area contributed by atoms with Crippen LogP contribution in [0, 0.1) is 20.2 Å². The number of benzene rings is 1. The van der Waals surface area contributed by atoms with Crippen molar-refractivity contribution in [1.29, 1.82) is 0 Å². The highest BCUT2D eigenvalue weighted by Gasteiger charge is 2.22. The molecule has 0 saturated heterocycles. The van der Waals surface area contributed by atoms with E-state index in [2.05, 4.69) is 4.98 Å². The lowest BCUT2D eigenvalue weighted by molar-refractivity contribution is -0.393. The lowest BCUT2D eigenvalue weighted by atomic mass is 10.1. The van der Waals surface area contributed by atoms with E-state index in [1.165, 1.54) is 12.1 Å². The normalized spacial score (nSPS) is 10.7. The smallest absolute Gasteiger partial charge is 0.287 e. The van der Waals surface area contributed by atoms with Crippen LogP contribution in [0.25, 0.3) is 22.3 Å². The number of hydrogen-bond donors (Lipinski definition) is 0. The molecule has 8 nitrogen and oxygen atoms in total. The van der Waals surface area contributed by atoms with E-state index in [0.29, 0.717) is 11.3 Å². The van der Waals surface area contributed by atoms with Gasteiger partial charge in [0, 0.05) is 18.0 Å². The molecule has 0 radical (unpaired) electrons. The molecule has 2 aromatic heterocycles. The first-order valence-electron chi connectivity index (χ1n) is 5.83. The van der Waals surface area contributed by atoms with E-state index in [-0.39, 0.29) is 22.3 Å². The van der Waals surface area contributed by atoms with Crippen molar-refractivity contribution in [3.8, 4) is 11.3 Å². The SMILES string of the molecule is O=[N+]([O-])c1cc([N+](=O)[O-])c2cc(-c3ccncc3)oc2c1. The summed E-state index contributed by atoms with van der Waals surface area (Å²) in [5.41, 5.74) is 0.0361. The summed E-state index contributed by atoms with van der Waals surface area (Å²) in [6.07, 6.45) is 3.11. The fourth-order valence-corrected chi connectivity index (χ4v) is 2.02. The molecule has 0 atom stereocenters. The largest absolute Gasteiger partial charge is 0.456 e. The fraction of sp³-hybridized carbons (Fsp3) is 0. The van der Waals surface area contributed by atoms with E-state index in [1.807, 2.05) is 0 Å². The number of nitrogens with zero attached hydrogens (tertiary/aromatic N) is 3. The van der Waals surface area contributed by atoms with Gasteiger partial charge in [-0.2, -0.15) is 0 Å². The molecule has 0 fully saturated rings. The molecule has 0 aliphatic carbocycles. The Labute approximate surface area is 116 Å². The van der Waals surface area contributed by atoms with Crippen LogP contribution in [0.15, 0.2) is 47.1 Å². The van der Waals surface area contributed by atoms with Crippen molar-refractivity contribution in [2.24, 2.45) is 0 Å². The van der Waals surface area contributed by atoms with Gasteiger partial charge in [0.2, 0.25) is 0 Å². The Balaban J connectivity index is 2.27. The molecule has 0 aliphatic rings. The van der Waals surface area contributed by atoms with E-state index in [4.69, 9.17) is 4.42 Å². The Bertz CT molecular complexity index is 857. The van der Waals surface area contributed by atoms with Gasteiger partial charge in [-0.05, 0) is 18.2 Å². The summed E-state index contributed by atoms with van der Waals surface area (Å²) in [6, 6.07) is 6.95. The molecule has 2 heterocycles. The number of furan rings is 1. The minimum Gasteiger partial charge on any atom is -0.456 e. The summed E-state index contributed by atoms with van der Waals surface area (Å²) >= 11 is 0. The number of fused-ring (bicyclic) bond motifs is 1. The Morgan fingerprint density at radius 2 is 1.71 bits per heavy atom. The predicted octanol–water partition coefficient (Wildman–Crippen LogP) is 3.31. The third-order valence-corrected chi connectivity index (χ3v) is 2.97. The molecule has 0 spiro atoms. The Kier molecular flexibility index (Phi) is 2.83. The summed E-state index contributed by atoms with van der Waals surface area (Å²) in [5, 5.41) is 22.1. The molecular formula is C13H7N3O5. The van der Waals surface area contributed by atoms with Gasteiger partial charge in [0.25, 0.3) is 11.4 Å². The van der Waals surface area contributed by atoms with Crippen molar-refractivity contribution < 1.29 is 14.3 Å². The van der Waals surface area contributed by atoms with Crippen LogP contribution in [0.3, 0.4) is 0 Å². The zero-order valence-corrected chi connectivity index (χ0v) is 10.4. The molecule has 0 amide bonds. The number of aromatic nitrogens is 1. The molecule has 1 aromatic carbocycles. The van der Waals surface area contributed by atoms with Gasteiger partial charge in [-0.3, -0.25) is 25.2 Å². The standard InChI is InChI=1S/C13H7N3O5/c17-15(18)9-5-11(16(19)20)10-7-12(21-13(10)6-9)8-1-3-14-4-2-8/h1-7H. The van der Waals surface area contributed by atoms with E-state index in [9.17, 15) is 20.2 Å². The summed E-state index contributed by atoms with van der Waals surface area (Å²) in [5.74, 6) is 0.385. The van der Waals surface area contributed by atoms with Gasteiger partial charge in [-0.15, -0.1) is 0 Å². The number of non-ortho nitro benzene ring substituents is 2. The Morgan fingerprint density at radius 3 is 2.33 bits per heavy atom.